The smallest absolute Gasteiger partial charge is 0.264 e. The average Bonchev–Trinajstić information content (AvgIpc) is 2.93. The molecule has 3 aromatic rings. The van der Waals surface area contributed by atoms with Crippen molar-refractivity contribution >= 4 is 43.5 Å². The summed E-state index contributed by atoms with van der Waals surface area (Å²) in [4.78, 5) is 27.9. The van der Waals surface area contributed by atoms with Crippen molar-refractivity contribution in [1.29, 1.82) is 0 Å². The Bertz CT molecular complexity index is 1370. The van der Waals surface area contributed by atoms with Crippen LogP contribution in [0.1, 0.15) is 25.8 Å². The second-order valence-electron chi connectivity index (χ2n) is 8.58. The van der Waals surface area contributed by atoms with Crippen molar-refractivity contribution in [1.82, 2.24) is 10.2 Å². The van der Waals surface area contributed by atoms with Crippen molar-refractivity contribution in [2.24, 2.45) is 0 Å². The maximum atomic E-state index is 13.9. The first-order chi connectivity index (χ1) is 18.6. The Morgan fingerprint density at radius 3 is 2.13 bits per heavy atom. The van der Waals surface area contributed by atoms with E-state index in [9.17, 15) is 22.4 Å². The van der Waals surface area contributed by atoms with Gasteiger partial charge in [-0.15, -0.1) is 0 Å². The molecule has 0 fully saturated rings. The van der Waals surface area contributed by atoms with E-state index in [4.69, 9.17) is 4.74 Å². The average molecular weight is 621 g/mol. The molecule has 39 heavy (non-hydrogen) atoms. The van der Waals surface area contributed by atoms with E-state index < -0.39 is 40.2 Å². The van der Waals surface area contributed by atoms with E-state index in [1.807, 2.05) is 6.92 Å². The lowest BCUT2D eigenvalue weighted by Crippen LogP contribution is -2.51. The topological polar surface area (TPSA) is 96.0 Å². The van der Waals surface area contributed by atoms with Crippen molar-refractivity contribution in [3.8, 4) is 5.75 Å². The van der Waals surface area contributed by atoms with Gasteiger partial charge in [-0.2, -0.15) is 0 Å². The fourth-order valence-electron chi connectivity index (χ4n) is 4.01. The van der Waals surface area contributed by atoms with E-state index in [0.29, 0.717) is 22.4 Å². The molecule has 0 saturated heterocycles. The molecule has 208 valence electrons. The highest BCUT2D eigenvalue weighted by Gasteiger charge is 2.33. The molecular weight excluding hydrogens is 589 g/mol. The number of ether oxygens (including phenoxy) is 1. The Hall–Kier alpha value is -3.44. The number of nitrogens with one attached hydrogen (secondary N) is 1. The zero-order chi connectivity index (χ0) is 28.6. The summed E-state index contributed by atoms with van der Waals surface area (Å²) >= 11 is 3.31. The number of hydrogen-bond donors (Lipinski definition) is 1. The predicted octanol–water partition coefficient (Wildman–Crippen LogP) is 4.74. The summed E-state index contributed by atoms with van der Waals surface area (Å²) < 4.78 is 48.4. The van der Waals surface area contributed by atoms with Crippen LogP contribution in [0.3, 0.4) is 0 Å². The molecule has 0 aromatic heterocycles. The zero-order valence-corrected chi connectivity index (χ0v) is 24.3. The number of carbonyl (C=O) groups is 2. The maximum Gasteiger partial charge on any atom is 0.264 e. The highest BCUT2D eigenvalue weighted by Crippen LogP contribution is 2.27. The summed E-state index contributed by atoms with van der Waals surface area (Å²) in [5, 5.41) is 2.57. The first-order valence-electron chi connectivity index (χ1n) is 12.4. The van der Waals surface area contributed by atoms with Crippen LogP contribution in [0.5, 0.6) is 5.75 Å². The number of anilines is 1. The highest BCUT2D eigenvalue weighted by atomic mass is 79.9. The SMILES string of the molecule is CCOc1ccc(N(CC(=O)N(Cc2ccc(F)cc2)C(CC)C(=O)NC)S(=O)(=O)c2ccc(Br)cc2)cc1. The fourth-order valence-corrected chi connectivity index (χ4v) is 5.69. The predicted molar refractivity (Wildman–Crippen MR) is 151 cm³/mol. The quantitative estimate of drug-likeness (QED) is 0.316. The number of nitrogens with zero attached hydrogens (tertiary/aromatic N) is 2. The number of halogens is 2. The zero-order valence-electron chi connectivity index (χ0n) is 21.9. The normalized spacial score (nSPS) is 11.9. The summed E-state index contributed by atoms with van der Waals surface area (Å²) in [7, 11) is -2.72. The van der Waals surface area contributed by atoms with Crippen LogP contribution >= 0.6 is 15.9 Å². The summed E-state index contributed by atoms with van der Waals surface area (Å²) in [6.45, 7) is 3.45. The Morgan fingerprint density at radius 1 is 0.974 bits per heavy atom. The van der Waals surface area contributed by atoms with Gasteiger partial charge in [0.2, 0.25) is 11.8 Å². The number of likely N-dealkylation sites (N-methyl/N-ethyl adjacent to an activating group) is 1. The number of hydrogen-bond acceptors (Lipinski definition) is 5. The van der Waals surface area contributed by atoms with Crippen molar-refractivity contribution in [2.45, 2.75) is 37.8 Å². The standard InChI is InChI=1S/C28H31BrFN3O5S/c1-4-26(28(35)31-3)32(18-20-6-10-22(30)11-7-20)27(34)19-33(23-12-14-24(15-13-23)38-5-2)39(36,37)25-16-8-21(29)9-17-25/h6-17,26H,4-5,18-19H2,1-3H3,(H,31,35). The molecule has 0 radical (unpaired) electrons. The molecule has 0 bridgehead atoms. The number of rotatable bonds is 12. The van der Waals surface area contributed by atoms with Crippen LogP contribution in [0.15, 0.2) is 82.2 Å². The molecule has 0 heterocycles. The first-order valence-corrected chi connectivity index (χ1v) is 14.6. The van der Waals surface area contributed by atoms with E-state index in [2.05, 4.69) is 21.2 Å². The largest absolute Gasteiger partial charge is 0.494 e. The number of amides is 2. The summed E-state index contributed by atoms with van der Waals surface area (Å²) in [6, 6.07) is 17.2. The van der Waals surface area contributed by atoms with Gasteiger partial charge in [0.15, 0.2) is 0 Å². The van der Waals surface area contributed by atoms with Gasteiger partial charge in [0.1, 0.15) is 24.2 Å². The van der Waals surface area contributed by atoms with Gasteiger partial charge in [0.25, 0.3) is 10.0 Å². The van der Waals surface area contributed by atoms with Crippen molar-refractivity contribution in [3.05, 3.63) is 88.6 Å². The Balaban J connectivity index is 2.05. The van der Waals surface area contributed by atoms with Crippen LogP contribution < -0.4 is 14.4 Å². The van der Waals surface area contributed by atoms with E-state index >= 15 is 0 Å². The molecule has 3 aromatic carbocycles. The molecule has 8 nitrogen and oxygen atoms in total. The number of carbonyl (C=O) groups excluding carboxylic acids is 2. The number of benzene rings is 3. The Kier molecular flexibility index (Phi) is 10.5. The fraction of sp³-hybridized carbons (Fsp3) is 0.286. The van der Waals surface area contributed by atoms with Gasteiger partial charge in [-0.05, 0) is 79.6 Å². The van der Waals surface area contributed by atoms with Crippen molar-refractivity contribution in [3.63, 3.8) is 0 Å². The van der Waals surface area contributed by atoms with E-state index in [0.717, 1.165) is 4.31 Å². The molecule has 3 rings (SSSR count). The van der Waals surface area contributed by atoms with Gasteiger partial charge >= 0.3 is 0 Å². The van der Waals surface area contributed by atoms with Gasteiger partial charge in [0, 0.05) is 18.1 Å². The minimum Gasteiger partial charge on any atom is -0.494 e. The van der Waals surface area contributed by atoms with Gasteiger partial charge in [-0.1, -0.05) is 35.0 Å². The molecule has 11 heteroatoms. The Morgan fingerprint density at radius 2 is 1.59 bits per heavy atom. The lowest BCUT2D eigenvalue weighted by molar-refractivity contribution is -0.140. The summed E-state index contributed by atoms with van der Waals surface area (Å²) in [5.41, 5.74) is 0.847. The van der Waals surface area contributed by atoms with E-state index in [1.165, 1.54) is 48.3 Å². The van der Waals surface area contributed by atoms with Crippen LogP contribution in [-0.2, 0) is 26.2 Å². The molecule has 0 aliphatic rings. The summed E-state index contributed by atoms with van der Waals surface area (Å²) in [5.74, 6) is -0.866. The molecule has 2 amide bonds. The lowest BCUT2D eigenvalue weighted by Gasteiger charge is -2.33. The molecule has 0 spiro atoms. The molecule has 0 saturated carbocycles. The molecule has 1 atom stereocenters. The van der Waals surface area contributed by atoms with Crippen LogP contribution in [-0.4, -0.2) is 51.4 Å². The van der Waals surface area contributed by atoms with Gasteiger partial charge in [0.05, 0.1) is 17.2 Å². The highest BCUT2D eigenvalue weighted by molar-refractivity contribution is 9.10. The van der Waals surface area contributed by atoms with Crippen LogP contribution in [0.2, 0.25) is 0 Å². The van der Waals surface area contributed by atoms with Crippen LogP contribution in [0, 0.1) is 5.82 Å². The third kappa shape index (κ3) is 7.57. The van der Waals surface area contributed by atoms with Crippen LogP contribution in [0.25, 0.3) is 0 Å². The third-order valence-corrected chi connectivity index (χ3v) is 8.33. The van der Waals surface area contributed by atoms with Crippen LogP contribution in [0.4, 0.5) is 10.1 Å². The van der Waals surface area contributed by atoms with Crippen molar-refractivity contribution in [2.75, 3.05) is 24.5 Å². The monoisotopic (exact) mass is 619 g/mol. The minimum absolute atomic E-state index is 0.00388. The second-order valence-corrected chi connectivity index (χ2v) is 11.4. The lowest BCUT2D eigenvalue weighted by atomic mass is 10.1. The van der Waals surface area contributed by atoms with E-state index in [1.54, 1.807) is 43.3 Å². The molecule has 1 N–H and O–H groups in total. The van der Waals surface area contributed by atoms with Gasteiger partial charge in [-0.25, -0.2) is 12.8 Å². The van der Waals surface area contributed by atoms with Gasteiger partial charge in [-0.3, -0.25) is 13.9 Å². The van der Waals surface area contributed by atoms with Gasteiger partial charge < -0.3 is 15.0 Å². The first kappa shape index (κ1) is 30.1. The van der Waals surface area contributed by atoms with E-state index in [-0.39, 0.29) is 23.5 Å². The van der Waals surface area contributed by atoms with Crippen molar-refractivity contribution < 1.29 is 27.1 Å². The second kappa shape index (κ2) is 13.6. The third-order valence-electron chi connectivity index (χ3n) is 6.01. The molecule has 0 aliphatic heterocycles. The molecule has 1 unspecified atom stereocenters. The summed E-state index contributed by atoms with van der Waals surface area (Å²) in [6.07, 6.45) is 0.287. The molecule has 0 aliphatic carbocycles. The maximum absolute atomic E-state index is 13.9. The molecular formula is C28H31BrFN3O5S. The minimum atomic E-state index is -4.19. The Labute approximate surface area is 236 Å². The number of sulfonamides is 1.